The van der Waals surface area contributed by atoms with E-state index in [2.05, 4.69) is 38.8 Å². The van der Waals surface area contributed by atoms with Crippen LogP contribution in [0.25, 0.3) is 0 Å². The maximum atomic E-state index is 13.6. The van der Waals surface area contributed by atoms with Crippen molar-refractivity contribution in [1.29, 1.82) is 0 Å². The van der Waals surface area contributed by atoms with Gasteiger partial charge in [0.1, 0.15) is 30.5 Å². The molecule has 2 fully saturated rings. The second-order valence-corrected chi connectivity index (χ2v) is 23.6. The van der Waals surface area contributed by atoms with Gasteiger partial charge in [0.25, 0.3) is 0 Å². The third-order valence-corrected chi connectivity index (χ3v) is 15.6. The van der Waals surface area contributed by atoms with E-state index in [1.54, 1.807) is 6.08 Å². The molecule has 0 aromatic heterocycles. The Balaban J connectivity index is 0.0000289. The van der Waals surface area contributed by atoms with E-state index >= 15 is 0 Å². The monoisotopic (exact) mass is 1110 g/mol. The summed E-state index contributed by atoms with van der Waals surface area (Å²) in [5.74, 6) is -0.113. The summed E-state index contributed by atoms with van der Waals surface area (Å²) in [7, 11) is -5.56. The average Bonchev–Trinajstić information content (AvgIpc) is 3.35. The normalized spacial score (nSPS) is 25.7. The Morgan fingerprint density at radius 3 is 1.41 bits per heavy atom. The van der Waals surface area contributed by atoms with Gasteiger partial charge < -0.3 is 53.8 Å². The predicted molar refractivity (Wildman–Crippen MR) is 290 cm³/mol. The number of ether oxygens (including phenoxy) is 5. The second kappa shape index (κ2) is 43.9. The van der Waals surface area contributed by atoms with Gasteiger partial charge in [-0.15, -0.1) is 0 Å². The van der Waals surface area contributed by atoms with Gasteiger partial charge in [0, 0.05) is 12.5 Å². The number of esters is 2. The Bertz CT molecular complexity index is 1590. The van der Waals surface area contributed by atoms with Crippen LogP contribution in [0, 0.1) is 23.7 Å². The number of unbranched alkanes of at least 4 members (excludes halogenated alkanes) is 25. The molecule has 0 aliphatic carbocycles. The molecular formula is C58H107NaO16S. The van der Waals surface area contributed by atoms with Gasteiger partial charge in [-0.05, 0) is 49.4 Å². The number of carbonyl (C=O) groups is 2. The summed E-state index contributed by atoms with van der Waals surface area (Å²) in [6, 6.07) is 0. The summed E-state index contributed by atoms with van der Waals surface area (Å²) in [6.45, 7) is 11.6. The van der Waals surface area contributed by atoms with Crippen LogP contribution in [0.4, 0.5) is 0 Å². The summed E-state index contributed by atoms with van der Waals surface area (Å²) in [5, 5.41) is 52.8. The van der Waals surface area contributed by atoms with Gasteiger partial charge in [0.15, 0.2) is 24.6 Å². The minimum atomic E-state index is -5.56. The van der Waals surface area contributed by atoms with Crippen LogP contribution in [-0.2, 0) is 47.9 Å². The summed E-state index contributed by atoms with van der Waals surface area (Å²) in [6.07, 6.45) is 21.8. The van der Waals surface area contributed by atoms with Crippen molar-refractivity contribution in [1.82, 2.24) is 0 Å². The fraction of sp³-hybridized carbons (Fsp3) is 0.931. The van der Waals surface area contributed by atoms with Crippen molar-refractivity contribution < 1.29 is 106 Å². The maximum Gasteiger partial charge on any atom is 1.00 e. The van der Waals surface area contributed by atoms with Crippen LogP contribution in [0.5, 0.6) is 0 Å². The zero-order chi connectivity index (χ0) is 55.4. The molecule has 2 aliphatic heterocycles. The van der Waals surface area contributed by atoms with E-state index in [1.165, 1.54) is 154 Å². The summed E-state index contributed by atoms with van der Waals surface area (Å²) >= 11 is 0. The Hall–Kier alpha value is -0.770. The van der Waals surface area contributed by atoms with Crippen molar-refractivity contribution in [3.8, 4) is 0 Å². The first kappa shape index (κ1) is 73.2. The first-order chi connectivity index (χ1) is 35.9. The molecule has 0 aromatic rings. The van der Waals surface area contributed by atoms with Crippen molar-refractivity contribution >= 4 is 22.3 Å². The molecule has 0 spiro atoms. The summed E-state index contributed by atoms with van der Waals surface area (Å²) < 4.78 is 68.4. The quantitative estimate of drug-likeness (QED) is 0.00974. The zero-order valence-corrected chi connectivity index (χ0v) is 51.2. The summed E-state index contributed by atoms with van der Waals surface area (Å²) in [5.41, 5.74) is 0. The topological polar surface area (TPSA) is 248 Å². The van der Waals surface area contributed by atoms with Crippen molar-refractivity contribution in [2.75, 3.05) is 13.2 Å². The van der Waals surface area contributed by atoms with E-state index < -0.39 is 97.0 Å². The summed E-state index contributed by atoms with van der Waals surface area (Å²) in [4.78, 5) is 27.0. The van der Waals surface area contributed by atoms with Crippen LogP contribution in [-0.4, -0.2) is 125 Å². The van der Waals surface area contributed by atoms with Gasteiger partial charge in [-0.2, -0.15) is 0 Å². The van der Waals surface area contributed by atoms with Gasteiger partial charge in [-0.25, -0.2) is 13.2 Å². The first-order valence-corrected chi connectivity index (χ1v) is 31.2. The molecule has 2 aliphatic rings. The molecule has 5 N–H and O–H groups in total. The van der Waals surface area contributed by atoms with E-state index in [1.807, 2.05) is 6.92 Å². The number of rotatable bonds is 45. The van der Waals surface area contributed by atoms with Crippen molar-refractivity contribution in [2.24, 2.45) is 23.7 Å². The Kier molecular flexibility index (Phi) is 42.3. The number of hydrogen-bond donors (Lipinski definition) is 5. The number of aliphatic hydroxyl groups excluding tert-OH is 5. The van der Waals surface area contributed by atoms with Crippen LogP contribution in [0.1, 0.15) is 247 Å². The fourth-order valence-corrected chi connectivity index (χ4v) is 11.4. The zero-order valence-electron chi connectivity index (χ0n) is 48.4. The third kappa shape index (κ3) is 32.6. The first-order valence-electron chi connectivity index (χ1n) is 29.9. The van der Waals surface area contributed by atoms with E-state index in [9.17, 15) is 48.1 Å². The standard InChI is InChI=1S/C58H108O16S.Na/c1-7-9-11-13-15-17-19-21-23-24-26-28-30-32-34-43(3)38-45(5)40-46(6)39-44(4)36-37-50(62)71-54-52(64)48(42-60)70-58(73-57-55(74-75(66,67)68)53(65)51(63)47(41-59)69-57)56(54)72-49(61)35-33-31-29-27-25-22-20-18-16-14-12-10-8-2;/h36-37,43-48,51-60,63-65H,7-35,38-42H2,1-6H3,(H,66,67,68);/q;+1/p-1/b37-36+;/t43-,44+,45-,46+,47+,48+,51+,52+,53-,54-,55+,56+,57+,58+;/m0./s1. The van der Waals surface area contributed by atoms with E-state index in [4.69, 9.17) is 23.7 Å². The molecule has 14 atom stereocenters. The molecule has 2 rings (SSSR count). The number of aliphatic hydroxyl groups is 5. The molecule has 2 heterocycles. The predicted octanol–water partition coefficient (Wildman–Crippen LogP) is 7.82. The average molecular weight is 1120 g/mol. The molecule has 442 valence electrons. The molecule has 16 nitrogen and oxygen atoms in total. The van der Waals surface area contributed by atoms with E-state index in [-0.39, 0.29) is 41.9 Å². The van der Waals surface area contributed by atoms with Crippen LogP contribution in [0.3, 0.4) is 0 Å². The van der Waals surface area contributed by atoms with Gasteiger partial charge in [-0.1, -0.05) is 221 Å². The number of carbonyl (C=O) groups excluding carboxylic acids is 2. The second-order valence-electron chi connectivity index (χ2n) is 22.6. The molecule has 0 bridgehead atoms. The smallest absolute Gasteiger partial charge is 0.726 e. The Labute approximate surface area is 482 Å². The Morgan fingerprint density at radius 1 is 0.539 bits per heavy atom. The minimum absolute atomic E-state index is 0. The van der Waals surface area contributed by atoms with Gasteiger partial charge in [0.2, 0.25) is 16.7 Å². The van der Waals surface area contributed by atoms with Crippen LogP contribution in [0.2, 0.25) is 0 Å². The molecular weight excluding hydrogens is 1010 g/mol. The molecule has 76 heavy (non-hydrogen) atoms. The van der Waals surface area contributed by atoms with Gasteiger partial charge >= 0.3 is 41.5 Å². The Morgan fingerprint density at radius 2 is 0.947 bits per heavy atom. The van der Waals surface area contributed by atoms with E-state index in [0.717, 1.165) is 44.9 Å². The molecule has 0 unspecified atom stereocenters. The van der Waals surface area contributed by atoms with Crippen molar-refractivity contribution in [3.63, 3.8) is 0 Å². The van der Waals surface area contributed by atoms with Crippen molar-refractivity contribution in [3.05, 3.63) is 12.2 Å². The molecule has 0 aromatic carbocycles. The molecule has 2 saturated heterocycles. The van der Waals surface area contributed by atoms with Gasteiger partial charge in [-0.3, -0.25) is 8.98 Å². The van der Waals surface area contributed by atoms with Crippen molar-refractivity contribution in [2.45, 2.75) is 308 Å². The SMILES string of the molecule is CCCCCCCCCCCCCCCC[C@H](C)C[C@H](C)C[C@H](C)C[C@H](C)/C=C/C(=O)O[C@H]1[C@H](O)[C@@H](CO)O[C@H](O[C@H]2O[C@H](CO)[C@@H](O)[C@H](O)[C@H]2OS(=O)(=O)[O-])[C@@H]1OC(=O)CCCCCCCCCCCCCCC.[Na+]. The largest absolute Gasteiger partial charge is 1.00 e. The fourth-order valence-electron chi connectivity index (χ4n) is 10.9. The number of hydrogen-bond acceptors (Lipinski definition) is 16. The molecule has 0 radical (unpaired) electrons. The molecule has 0 amide bonds. The number of allylic oxidation sites excluding steroid dienone is 1. The minimum Gasteiger partial charge on any atom is -0.726 e. The van der Waals surface area contributed by atoms with Gasteiger partial charge in [0.05, 0.1) is 13.2 Å². The molecule has 18 heteroatoms. The third-order valence-electron chi connectivity index (χ3n) is 15.1. The van der Waals surface area contributed by atoms with Crippen LogP contribution in [0.15, 0.2) is 12.2 Å². The molecule has 0 saturated carbocycles. The maximum absolute atomic E-state index is 13.6. The van der Waals surface area contributed by atoms with Crippen LogP contribution >= 0.6 is 0 Å². The van der Waals surface area contributed by atoms with Crippen LogP contribution < -0.4 is 29.6 Å². The van der Waals surface area contributed by atoms with E-state index in [0.29, 0.717) is 24.2 Å².